The number of fused-ring (bicyclic) bond motifs is 2. The van der Waals surface area contributed by atoms with Gasteiger partial charge in [0.05, 0.1) is 12.4 Å². The van der Waals surface area contributed by atoms with Crippen LogP contribution in [0.4, 0.5) is 0 Å². The van der Waals surface area contributed by atoms with Gasteiger partial charge >= 0.3 is 0 Å². The van der Waals surface area contributed by atoms with Gasteiger partial charge in [0.1, 0.15) is 24.1 Å². The van der Waals surface area contributed by atoms with Crippen molar-refractivity contribution in [3.8, 4) is 0 Å². The van der Waals surface area contributed by atoms with Gasteiger partial charge in [-0.25, -0.2) is 15.0 Å². The highest BCUT2D eigenvalue weighted by Gasteiger charge is 2.49. The van der Waals surface area contributed by atoms with Gasteiger partial charge < -0.3 is 14.0 Å². The molecule has 1 aliphatic carbocycles. The Morgan fingerprint density at radius 2 is 2.14 bits per heavy atom. The fourth-order valence-electron chi connectivity index (χ4n) is 3.20. The van der Waals surface area contributed by atoms with E-state index in [1.807, 2.05) is 30.6 Å². The van der Waals surface area contributed by atoms with Crippen LogP contribution < -0.4 is 0 Å². The van der Waals surface area contributed by atoms with Crippen LogP contribution in [0.15, 0.2) is 37.0 Å². The molecule has 0 aromatic carbocycles. The van der Waals surface area contributed by atoms with Crippen LogP contribution >= 0.6 is 11.6 Å². The molecular weight excluding hydrogens is 304 g/mol. The Kier molecular flexibility index (Phi) is 2.91. The van der Waals surface area contributed by atoms with Crippen molar-refractivity contribution < 1.29 is 9.47 Å². The quantitative estimate of drug-likeness (QED) is 0.797. The van der Waals surface area contributed by atoms with Crippen molar-refractivity contribution in [2.45, 2.75) is 37.9 Å². The first-order valence-corrected chi connectivity index (χ1v) is 7.41. The molecule has 1 aliphatic heterocycles. The van der Waals surface area contributed by atoms with Crippen molar-refractivity contribution in [3.05, 3.63) is 42.1 Å². The molecule has 22 heavy (non-hydrogen) atoms. The third-order valence-electron chi connectivity index (χ3n) is 4.02. The van der Waals surface area contributed by atoms with Crippen molar-refractivity contribution in [3.63, 3.8) is 0 Å². The Balaban J connectivity index is 1.84. The number of aromatic nitrogens is 4. The van der Waals surface area contributed by atoms with Gasteiger partial charge in [-0.05, 0) is 25.5 Å². The van der Waals surface area contributed by atoms with Crippen molar-refractivity contribution in [2.75, 3.05) is 0 Å². The first-order valence-electron chi connectivity index (χ1n) is 7.03. The second-order valence-corrected chi connectivity index (χ2v) is 6.23. The summed E-state index contributed by atoms with van der Waals surface area (Å²) >= 11 is 6.09. The smallest absolute Gasteiger partial charge is 0.165 e. The Bertz CT molecular complexity index is 798. The van der Waals surface area contributed by atoms with Crippen LogP contribution in [0.25, 0.3) is 11.2 Å². The van der Waals surface area contributed by atoms with Crippen LogP contribution in [-0.2, 0) is 9.47 Å². The van der Waals surface area contributed by atoms with Crippen LogP contribution in [0.2, 0.25) is 5.15 Å². The molecule has 2 aliphatic rings. The molecule has 0 unspecified atom stereocenters. The van der Waals surface area contributed by atoms with Gasteiger partial charge in [0.15, 0.2) is 16.6 Å². The zero-order valence-corrected chi connectivity index (χ0v) is 13.0. The fourth-order valence-corrected chi connectivity index (χ4v) is 3.38. The van der Waals surface area contributed by atoms with Gasteiger partial charge in [0.2, 0.25) is 0 Å². The van der Waals surface area contributed by atoms with E-state index in [4.69, 9.17) is 21.1 Å². The maximum absolute atomic E-state index is 6.09. The molecule has 0 radical (unpaired) electrons. The summed E-state index contributed by atoms with van der Waals surface area (Å²) in [6.45, 7) is 7.72. The lowest BCUT2D eigenvalue weighted by Gasteiger charge is -2.24. The van der Waals surface area contributed by atoms with E-state index in [0.29, 0.717) is 16.3 Å². The molecule has 1 saturated heterocycles. The highest BCUT2D eigenvalue weighted by atomic mass is 35.5. The van der Waals surface area contributed by atoms with E-state index in [1.165, 1.54) is 6.33 Å². The van der Waals surface area contributed by atoms with E-state index >= 15 is 0 Å². The van der Waals surface area contributed by atoms with E-state index in [1.54, 1.807) is 6.33 Å². The molecule has 0 N–H and O–H groups in total. The minimum absolute atomic E-state index is 0.0970. The van der Waals surface area contributed by atoms with Gasteiger partial charge in [-0.3, -0.25) is 0 Å². The summed E-state index contributed by atoms with van der Waals surface area (Å²) in [5.74, 6) is -0.611. The Morgan fingerprint density at radius 1 is 1.32 bits per heavy atom. The minimum Gasteiger partial charge on any atom is -0.342 e. The molecular formula is C15H15ClN4O2. The van der Waals surface area contributed by atoms with Crippen LogP contribution in [0.1, 0.15) is 19.9 Å². The SMILES string of the molecule is C=CC1=C[C@H]2OC(C)(C)O[C@H]2[C@@H]1n1cnc2c(Cl)ncnc21. The van der Waals surface area contributed by atoms with Gasteiger partial charge in [0.25, 0.3) is 0 Å². The molecule has 4 rings (SSSR count). The van der Waals surface area contributed by atoms with E-state index in [9.17, 15) is 0 Å². The number of nitrogens with zero attached hydrogens (tertiary/aromatic N) is 4. The summed E-state index contributed by atoms with van der Waals surface area (Å²) in [5.41, 5.74) is 2.28. The lowest BCUT2D eigenvalue weighted by molar-refractivity contribution is -0.147. The van der Waals surface area contributed by atoms with E-state index in [-0.39, 0.29) is 18.2 Å². The molecule has 0 amide bonds. The Morgan fingerprint density at radius 3 is 2.91 bits per heavy atom. The minimum atomic E-state index is -0.611. The number of halogens is 1. The zero-order chi connectivity index (χ0) is 15.5. The van der Waals surface area contributed by atoms with Crippen LogP contribution in [0.3, 0.4) is 0 Å². The number of hydrogen-bond acceptors (Lipinski definition) is 5. The van der Waals surface area contributed by atoms with Gasteiger partial charge in [-0.1, -0.05) is 24.3 Å². The van der Waals surface area contributed by atoms with Crippen molar-refractivity contribution in [2.24, 2.45) is 0 Å². The molecule has 0 bridgehead atoms. The summed E-state index contributed by atoms with van der Waals surface area (Å²) in [5, 5.41) is 0.339. The standard InChI is InChI=1S/C15H15ClN4O2/c1-4-8-5-9-12(22-15(2,3)21-9)11(8)20-7-19-10-13(16)17-6-18-14(10)20/h4-7,9,11-12H,1H2,2-3H3/t9-,11-,12-/m1/s1. The molecule has 7 heteroatoms. The largest absolute Gasteiger partial charge is 0.342 e. The summed E-state index contributed by atoms with van der Waals surface area (Å²) in [4.78, 5) is 12.6. The van der Waals surface area contributed by atoms with E-state index in [2.05, 4.69) is 21.5 Å². The summed E-state index contributed by atoms with van der Waals surface area (Å²) in [7, 11) is 0. The average molecular weight is 319 g/mol. The molecule has 114 valence electrons. The second kappa shape index (κ2) is 4.62. The Labute approximate surface area is 132 Å². The number of allylic oxidation sites excluding steroid dienone is 1. The Hall–Kier alpha value is -1.76. The van der Waals surface area contributed by atoms with Gasteiger partial charge in [-0.15, -0.1) is 0 Å². The first kappa shape index (κ1) is 13.9. The highest BCUT2D eigenvalue weighted by molar-refractivity contribution is 6.33. The maximum atomic E-state index is 6.09. The summed E-state index contributed by atoms with van der Waals surface area (Å²) in [6, 6.07) is -0.0970. The summed E-state index contributed by atoms with van der Waals surface area (Å²) < 4.78 is 14.0. The third kappa shape index (κ3) is 1.91. The van der Waals surface area contributed by atoms with Crippen molar-refractivity contribution in [1.82, 2.24) is 19.5 Å². The average Bonchev–Trinajstić information content (AvgIpc) is 3.08. The molecule has 0 saturated carbocycles. The van der Waals surface area contributed by atoms with Gasteiger partial charge in [-0.2, -0.15) is 0 Å². The van der Waals surface area contributed by atoms with Crippen molar-refractivity contribution >= 4 is 22.8 Å². The lowest BCUT2D eigenvalue weighted by Crippen LogP contribution is -2.28. The molecule has 3 atom stereocenters. The van der Waals surface area contributed by atoms with Crippen molar-refractivity contribution in [1.29, 1.82) is 0 Å². The van der Waals surface area contributed by atoms with E-state index in [0.717, 1.165) is 5.57 Å². The highest BCUT2D eigenvalue weighted by Crippen LogP contribution is 2.44. The lowest BCUT2D eigenvalue weighted by atomic mass is 10.1. The van der Waals surface area contributed by atoms with Crippen LogP contribution in [-0.4, -0.2) is 37.5 Å². The molecule has 3 heterocycles. The molecule has 2 aromatic heterocycles. The predicted octanol–water partition coefficient (Wildman–Crippen LogP) is 2.67. The monoisotopic (exact) mass is 318 g/mol. The second-order valence-electron chi connectivity index (χ2n) is 5.87. The van der Waals surface area contributed by atoms with Crippen LogP contribution in [0.5, 0.6) is 0 Å². The zero-order valence-electron chi connectivity index (χ0n) is 12.2. The summed E-state index contributed by atoms with van der Waals surface area (Å²) in [6.07, 6.45) is 6.76. The number of ether oxygens (including phenoxy) is 2. The van der Waals surface area contributed by atoms with Crippen LogP contribution in [0, 0.1) is 0 Å². The fraction of sp³-hybridized carbons (Fsp3) is 0.400. The first-order chi connectivity index (χ1) is 10.5. The third-order valence-corrected chi connectivity index (χ3v) is 4.30. The molecule has 1 fully saturated rings. The normalized spacial score (nSPS) is 29.6. The molecule has 0 spiro atoms. The number of imidazole rings is 1. The molecule has 2 aromatic rings. The number of rotatable bonds is 2. The maximum Gasteiger partial charge on any atom is 0.165 e. The number of hydrogen-bond donors (Lipinski definition) is 0. The topological polar surface area (TPSA) is 62.1 Å². The van der Waals surface area contributed by atoms with E-state index < -0.39 is 5.79 Å². The van der Waals surface area contributed by atoms with Gasteiger partial charge in [0, 0.05) is 0 Å². The molecule has 6 nitrogen and oxygen atoms in total. The predicted molar refractivity (Wildman–Crippen MR) is 81.5 cm³/mol.